The second kappa shape index (κ2) is 4.90. The number of aromatic nitrogens is 2. The van der Waals surface area contributed by atoms with Crippen molar-refractivity contribution in [2.45, 2.75) is 19.1 Å². The topological polar surface area (TPSA) is 87.4 Å². The first-order chi connectivity index (χ1) is 7.00. The molecule has 2 unspecified atom stereocenters. The van der Waals surface area contributed by atoms with Gasteiger partial charge in [-0.1, -0.05) is 0 Å². The minimum atomic E-state index is -1.04. The van der Waals surface area contributed by atoms with Gasteiger partial charge < -0.3 is 15.5 Å². The number of rotatable bonds is 4. The van der Waals surface area contributed by atoms with Crippen molar-refractivity contribution in [2.75, 3.05) is 6.54 Å². The standard InChI is InChI=1S/C9H15N3O3/c1-6(13)10-4-8(14)9(15)7-3-11-12(2)5-7/h3,5,8-9,14-15H,4H2,1-2H3,(H,10,13). The van der Waals surface area contributed by atoms with Crippen molar-refractivity contribution >= 4 is 5.91 Å². The Hall–Kier alpha value is -1.40. The summed E-state index contributed by atoms with van der Waals surface area (Å²) in [4.78, 5) is 10.6. The van der Waals surface area contributed by atoms with Crippen LogP contribution in [0.3, 0.4) is 0 Å². The minimum absolute atomic E-state index is 0.0192. The van der Waals surface area contributed by atoms with Crippen LogP contribution in [0.25, 0.3) is 0 Å². The molecule has 0 saturated heterocycles. The van der Waals surface area contributed by atoms with Crippen LogP contribution in [0.5, 0.6) is 0 Å². The van der Waals surface area contributed by atoms with Crippen molar-refractivity contribution in [2.24, 2.45) is 7.05 Å². The van der Waals surface area contributed by atoms with Crippen LogP contribution in [-0.4, -0.2) is 38.5 Å². The maximum atomic E-state index is 10.6. The molecule has 1 aromatic rings. The number of aryl methyl sites for hydroxylation is 1. The summed E-state index contributed by atoms with van der Waals surface area (Å²) in [5, 5.41) is 25.5. The van der Waals surface area contributed by atoms with Crippen LogP contribution in [0.15, 0.2) is 12.4 Å². The molecule has 1 heterocycles. The first-order valence-electron chi connectivity index (χ1n) is 4.60. The van der Waals surface area contributed by atoms with Gasteiger partial charge in [-0.15, -0.1) is 0 Å². The highest BCUT2D eigenvalue weighted by atomic mass is 16.3. The SMILES string of the molecule is CC(=O)NCC(O)C(O)c1cnn(C)c1. The van der Waals surface area contributed by atoms with Crippen molar-refractivity contribution in [1.29, 1.82) is 0 Å². The average molecular weight is 213 g/mol. The predicted molar refractivity (Wildman–Crippen MR) is 52.9 cm³/mol. The third-order valence-electron chi connectivity index (χ3n) is 1.99. The van der Waals surface area contributed by atoms with E-state index < -0.39 is 12.2 Å². The van der Waals surface area contributed by atoms with Gasteiger partial charge in [-0.3, -0.25) is 9.48 Å². The summed E-state index contributed by atoms with van der Waals surface area (Å²) in [6, 6.07) is 0. The quantitative estimate of drug-likeness (QED) is 0.595. The highest BCUT2D eigenvalue weighted by Crippen LogP contribution is 2.14. The van der Waals surface area contributed by atoms with E-state index in [2.05, 4.69) is 10.4 Å². The molecule has 3 N–H and O–H groups in total. The Balaban J connectivity index is 2.52. The number of aliphatic hydroxyl groups is 2. The molecule has 84 valence electrons. The third kappa shape index (κ3) is 3.34. The molecule has 0 spiro atoms. The molecule has 0 aliphatic heterocycles. The van der Waals surface area contributed by atoms with Crippen molar-refractivity contribution < 1.29 is 15.0 Å². The van der Waals surface area contributed by atoms with E-state index in [0.717, 1.165) is 0 Å². The monoisotopic (exact) mass is 213 g/mol. The van der Waals surface area contributed by atoms with Gasteiger partial charge in [0.05, 0.1) is 6.20 Å². The van der Waals surface area contributed by atoms with E-state index in [1.54, 1.807) is 13.2 Å². The molecule has 6 nitrogen and oxygen atoms in total. The molecule has 0 aliphatic carbocycles. The third-order valence-corrected chi connectivity index (χ3v) is 1.99. The summed E-state index contributed by atoms with van der Waals surface area (Å²) in [7, 11) is 1.72. The molecule has 0 radical (unpaired) electrons. The number of carbonyl (C=O) groups excluding carboxylic acids is 1. The second-order valence-electron chi connectivity index (χ2n) is 3.40. The molecule has 15 heavy (non-hydrogen) atoms. The first-order valence-corrected chi connectivity index (χ1v) is 4.60. The Morgan fingerprint density at radius 2 is 2.33 bits per heavy atom. The highest BCUT2D eigenvalue weighted by molar-refractivity contribution is 5.72. The largest absolute Gasteiger partial charge is 0.388 e. The highest BCUT2D eigenvalue weighted by Gasteiger charge is 2.19. The Kier molecular flexibility index (Phi) is 3.81. The Bertz CT molecular complexity index is 337. The smallest absolute Gasteiger partial charge is 0.216 e. The van der Waals surface area contributed by atoms with E-state index in [-0.39, 0.29) is 12.5 Å². The Morgan fingerprint density at radius 3 is 2.80 bits per heavy atom. The maximum Gasteiger partial charge on any atom is 0.216 e. The molecule has 0 aromatic carbocycles. The first kappa shape index (κ1) is 11.7. The lowest BCUT2D eigenvalue weighted by Gasteiger charge is -2.16. The number of carbonyl (C=O) groups is 1. The lowest BCUT2D eigenvalue weighted by Crippen LogP contribution is -2.34. The minimum Gasteiger partial charge on any atom is -0.388 e. The van der Waals surface area contributed by atoms with Gasteiger partial charge in [0.1, 0.15) is 12.2 Å². The fourth-order valence-corrected chi connectivity index (χ4v) is 1.17. The molecule has 6 heteroatoms. The molecule has 1 rings (SSSR count). The molecule has 2 atom stereocenters. The lowest BCUT2D eigenvalue weighted by atomic mass is 10.1. The van der Waals surface area contributed by atoms with E-state index in [4.69, 9.17) is 0 Å². The van der Waals surface area contributed by atoms with Gasteiger partial charge >= 0.3 is 0 Å². The molecule has 0 saturated carbocycles. The van der Waals surface area contributed by atoms with Crippen LogP contribution in [0.4, 0.5) is 0 Å². The maximum absolute atomic E-state index is 10.6. The van der Waals surface area contributed by atoms with Gasteiger partial charge in [0.25, 0.3) is 0 Å². The van der Waals surface area contributed by atoms with E-state index in [1.165, 1.54) is 17.8 Å². The van der Waals surface area contributed by atoms with E-state index >= 15 is 0 Å². The molecule has 0 bridgehead atoms. The van der Waals surface area contributed by atoms with Crippen molar-refractivity contribution in [3.05, 3.63) is 18.0 Å². The number of amides is 1. The van der Waals surface area contributed by atoms with Crippen LogP contribution in [0.2, 0.25) is 0 Å². The van der Waals surface area contributed by atoms with Crippen LogP contribution in [0.1, 0.15) is 18.6 Å². The van der Waals surface area contributed by atoms with Crippen LogP contribution in [-0.2, 0) is 11.8 Å². The molecular formula is C9H15N3O3. The van der Waals surface area contributed by atoms with Crippen LogP contribution in [0, 0.1) is 0 Å². The zero-order chi connectivity index (χ0) is 11.4. The van der Waals surface area contributed by atoms with Gasteiger partial charge in [0.2, 0.25) is 5.91 Å². The lowest BCUT2D eigenvalue weighted by molar-refractivity contribution is -0.119. The number of hydrogen-bond acceptors (Lipinski definition) is 4. The van der Waals surface area contributed by atoms with Gasteiger partial charge in [-0.25, -0.2) is 0 Å². The predicted octanol–water partition coefficient (Wildman–Crippen LogP) is -1.05. The average Bonchev–Trinajstić information content (AvgIpc) is 2.60. The normalized spacial score (nSPS) is 14.7. The number of hydrogen-bond donors (Lipinski definition) is 3. The summed E-state index contributed by atoms with van der Waals surface area (Å²) < 4.78 is 1.53. The van der Waals surface area contributed by atoms with Crippen LogP contribution < -0.4 is 5.32 Å². The molecule has 1 amide bonds. The molecule has 0 fully saturated rings. The van der Waals surface area contributed by atoms with Crippen molar-refractivity contribution in [1.82, 2.24) is 15.1 Å². The Morgan fingerprint density at radius 1 is 1.67 bits per heavy atom. The Labute approximate surface area is 87.5 Å². The summed E-state index contributed by atoms with van der Waals surface area (Å²) in [6.45, 7) is 1.37. The number of nitrogens with one attached hydrogen (secondary N) is 1. The van der Waals surface area contributed by atoms with E-state index in [9.17, 15) is 15.0 Å². The zero-order valence-electron chi connectivity index (χ0n) is 8.71. The van der Waals surface area contributed by atoms with Gasteiger partial charge in [-0.2, -0.15) is 5.10 Å². The number of aliphatic hydroxyl groups excluding tert-OH is 2. The van der Waals surface area contributed by atoms with E-state index in [1.807, 2.05) is 0 Å². The second-order valence-corrected chi connectivity index (χ2v) is 3.40. The fraction of sp³-hybridized carbons (Fsp3) is 0.556. The van der Waals surface area contributed by atoms with Crippen molar-refractivity contribution in [3.8, 4) is 0 Å². The van der Waals surface area contributed by atoms with Gasteiger partial charge in [0.15, 0.2) is 0 Å². The molecular weight excluding hydrogens is 198 g/mol. The van der Waals surface area contributed by atoms with E-state index in [0.29, 0.717) is 5.56 Å². The summed E-state index contributed by atoms with van der Waals surface area (Å²) in [5.74, 6) is -0.243. The molecule has 0 aliphatic rings. The summed E-state index contributed by atoms with van der Waals surface area (Å²) >= 11 is 0. The molecule has 1 aromatic heterocycles. The summed E-state index contributed by atoms with van der Waals surface area (Å²) in [6.07, 6.45) is 1.02. The number of nitrogens with zero attached hydrogens (tertiary/aromatic N) is 2. The zero-order valence-corrected chi connectivity index (χ0v) is 8.71. The summed E-state index contributed by atoms with van der Waals surface area (Å²) in [5.41, 5.74) is 0.523. The van der Waals surface area contributed by atoms with Gasteiger partial charge in [0, 0.05) is 32.3 Å². The fourth-order valence-electron chi connectivity index (χ4n) is 1.17. The van der Waals surface area contributed by atoms with Crippen molar-refractivity contribution in [3.63, 3.8) is 0 Å². The van der Waals surface area contributed by atoms with Gasteiger partial charge in [-0.05, 0) is 0 Å². The van der Waals surface area contributed by atoms with Crippen LogP contribution >= 0.6 is 0 Å².